The summed E-state index contributed by atoms with van der Waals surface area (Å²) < 4.78 is 0. The van der Waals surface area contributed by atoms with E-state index in [0.29, 0.717) is 12.6 Å². The summed E-state index contributed by atoms with van der Waals surface area (Å²) in [6.45, 7) is 1.47. The molecule has 2 nitrogen and oxygen atoms in total. The van der Waals surface area contributed by atoms with Crippen LogP contribution in [-0.2, 0) is 0 Å². The van der Waals surface area contributed by atoms with Crippen LogP contribution in [0.1, 0.15) is 19.3 Å². The lowest BCUT2D eigenvalue weighted by molar-refractivity contribution is 0.271. The fraction of sp³-hybridized carbons (Fsp3) is 1.00. The van der Waals surface area contributed by atoms with E-state index in [4.69, 9.17) is 5.11 Å². The lowest BCUT2D eigenvalue weighted by Crippen LogP contribution is -2.21. The van der Waals surface area contributed by atoms with Crippen LogP contribution in [0.25, 0.3) is 0 Å². The maximum Gasteiger partial charge on any atom is 0.0445 e. The van der Waals surface area contributed by atoms with Crippen LogP contribution < -0.4 is 5.32 Å². The Kier molecular flexibility index (Phi) is 2.30. The Labute approximate surface area is 49.9 Å². The molecule has 0 unspecified atom stereocenters. The molecule has 1 saturated heterocycles. The second kappa shape index (κ2) is 3.05. The van der Waals surface area contributed by atoms with Gasteiger partial charge in [0.1, 0.15) is 0 Å². The van der Waals surface area contributed by atoms with E-state index in [-0.39, 0.29) is 0 Å². The van der Waals surface area contributed by atoms with Gasteiger partial charge in [0.25, 0.3) is 0 Å². The first-order chi connectivity index (χ1) is 3.93. The maximum absolute atomic E-state index is 8.49. The van der Waals surface area contributed by atoms with Crippen molar-refractivity contribution < 1.29 is 5.11 Å². The van der Waals surface area contributed by atoms with Crippen molar-refractivity contribution in [1.82, 2.24) is 5.32 Å². The van der Waals surface area contributed by atoms with Crippen molar-refractivity contribution >= 4 is 0 Å². The molecule has 1 rings (SSSR count). The average molecular weight is 115 g/mol. The molecule has 1 fully saturated rings. The minimum atomic E-state index is 0.331. The van der Waals surface area contributed by atoms with Crippen LogP contribution in [0.5, 0.6) is 0 Å². The van der Waals surface area contributed by atoms with Crippen LogP contribution in [0.4, 0.5) is 0 Å². The molecular weight excluding hydrogens is 102 g/mol. The molecule has 0 aromatic carbocycles. The zero-order chi connectivity index (χ0) is 5.82. The van der Waals surface area contributed by atoms with Crippen molar-refractivity contribution in [2.45, 2.75) is 25.3 Å². The largest absolute Gasteiger partial charge is 0.396 e. The van der Waals surface area contributed by atoms with Crippen LogP contribution in [0, 0.1) is 0 Å². The van der Waals surface area contributed by atoms with Crippen LogP contribution in [0.2, 0.25) is 0 Å². The van der Waals surface area contributed by atoms with E-state index >= 15 is 0 Å². The average Bonchev–Trinajstić information content (AvgIpc) is 2.19. The predicted octanol–water partition coefficient (Wildman–Crippen LogP) is 0.121. The molecule has 0 amide bonds. The lowest BCUT2D eigenvalue weighted by atomic mass is 10.2. The van der Waals surface area contributed by atoms with Gasteiger partial charge < -0.3 is 10.4 Å². The second-order valence-electron chi connectivity index (χ2n) is 2.31. The SMILES string of the molecule is OCC[C@H]1CCCN1. The Hall–Kier alpha value is -0.0800. The van der Waals surface area contributed by atoms with Crippen LogP contribution in [-0.4, -0.2) is 24.3 Å². The summed E-state index contributed by atoms with van der Waals surface area (Å²) >= 11 is 0. The third kappa shape index (κ3) is 1.46. The van der Waals surface area contributed by atoms with Gasteiger partial charge in [0.2, 0.25) is 0 Å². The van der Waals surface area contributed by atoms with Crippen LogP contribution in [0.3, 0.4) is 0 Å². The van der Waals surface area contributed by atoms with Gasteiger partial charge >= 0.3 is 0 Å². The van der Waals surface area contributed by atoms with E-state index in [9.17, 15) is 0 Å². The van der Waals surface area contributed by atoms with Crippen molar-refractivity contribution in [2.75, 3.05) is 13.2 Å². The van der Waals surface area contributed by atoms with Gasteiger partial charge in [-0.3, -0.25) is 0 Å². The molecule has 0 spiro atoms. The molecular formula is C6H13NO. The molecule has 1 atom stereocenters. The highest BCUT2D eigenvalue weighted by molar-refractivity contribution is 4.72. The molecule has 0 aromatic heterocycles. The number of hydrogen-bond donors (Lipinski definition) is 2. The minimum absolute atomic E-state index is 0.331. The standard InChI is InChI=1S/C6H13NO/c8-5-3-6-2-1-4-7-6/h6-8H,1-5H2/t6-/m1/s1. The van der Waals surface area contributed by atoms with Gasteiger partial charge in [0.05, 0.1) is 0 Å². The number of aliphatic hydroxyl groups is 1. The Morgan fingerprint density at radius 1 is 1.62 bits per heavy atom. The Bertz CT molecular complexity index is 59.5. The van der Waals surface area contributed by atoms with E-state index in [1.54, 1.807) is 0 Å². The smallest absolute Gasteiger partial charge is 0.0445 e. The van der Waals surface area contributed by atoms with Gasteiger partial charge in [-0.15, -0.1) is 0 Å². The summed E-state index contributed by atoms with van der Waals surface area (Å²) in [4.78, 5) is 0. The first kappa shape index (κ1) is 6.05. The van der Waals surface area contributed by atoms with Gasteiger partial charge in [-0.1, -0.05) is 0 Å². The second-order valence-corrected chi connectivity index (χ2v) is 2.31. The number of nitrogens with one attached hydrogen (secondary N) is 1. The van der Waals surface area contributed by atoms with Crippen molar-refractivity contribution in [1.29, 1.82) is 0 Å². The number of aliphatic hydroxyl groups excluding tert-OH is 1. The summed E-state index contributed by atoms with van der Waals surface area (Å²) in [5.41, 5.74) is 0. The van der Waals surface area contributed by atoms with Crippen LogP contribution in [0.15, 0.2) is 0 Å². The molecule has 2 heteroatoms. The van der Waals surface area contributed by atoms with Crippen molar-refractivity contribution in [3.63, 3.8) is 0 Å². The van der Waals surface area contributed by atoms with Crippen LogP contribution >= 0.6 is 0 Å². The zero-order valence-corrected chi connectivity index (χ0v) is 5.06. The lowest BCUT2D eigenvalue weighted by Gasteiger charge is -2.04. The molecule has 1 heterocycles. The van der Waals surface area contributed by atoms with E-state index in [1.807, 2.05) is 0 Å². The molecule has 1 aliphatic heterocycles. The van der Waals surface area contributed by atoms with Gasteiger partial charge in [-0.2, -0.15) is 0 Å². The Morgan fingerprint density at radius 2 is 2.50 bits per heavy atom. The van der Waals surface area contributed by atoms with Gasteiger partial charge in [0.15, 0.2) is 0 Å². The molecule has 1 aliphatic rings. The topological polar surface area (TPSA) is 32.3 Å². The quantitative estimate of drug-likeness (QED) is 0.536. The van der Waals surface area contributed by atoms with Gasteiger partial charge in [-0.25, -0.2) is 0 Å². The molecule has 2 N–H and O–H groups in total. The molecule has 48 valence electrons. The van der Waals surface area contributed by atoms with E-state index < -0.39 is 0 Å². The van der Waals surface area contributed by atoms with Crippen molar-refractivity contribution in [3.8, 4) is 0 Å². The van der Waals surface area contributed by atoms with Crippen molar-refractivity contribution in [2.24, 2.45) is 0 Å². The fourth-order valence-electron chi connectivity index (χ4n) is 1.16. The summed E-state index contributed by atoms with van der Waals surface area (Å²) in [5.74, 6) is 0. The molecule has 0 saturated carbocycles. The van der Waals surface area contributed by atoms with E-state index in [1.165, 1.54) is 12.8 Å². The maximum atomic E-state index is 8.49. The Morgan fingerprint density at radius 3 is 3.00 bits per heavy atom. The van der Waals surface area contributed by atoms with Gasteiger partial charge in [-0.05, 0) is 25.8 Å². The molecule has 0 aromatic rings. The summed E-state index contributed by atoms with van der Waals surface area (Å²) in [6.07, 6.45) is 3.46. The number of rotatable bonds is 2. The molecule has 0 aliphatic carbocycles. The molecule has 0 bridgehead atoms. The Balaban J connectivity index is 2.06. The first-order valence-electron chi connectivity index (χ1n) is 3.27. The van der Waals surface area contributed by atoms with E-state index in [2.05, 4.69) is 5.32 Å². The van der Waals surface area contributed by atoms with Crippen molar-refractivity contribution in [3.05, 3.63) is 0 Å². The molecule has 8 heavy (non-hydrogen) atoms. The fourth-order valence-corrected chi connectivity index (χ4v) is 1.16. The highest BCUT2D eigenvalue weighted by atomic mass is 16.3. The third-order valence-corrected chi connectivity index (χ3v) is 1.64. The summed E-state index contributed by atoms with van der Waals surface area (Å²) in [6, 6.07) is 0.611. The minimum Gasteiger partial charge on any atom is -0.396 e. The third-order valence-electron chi connectivity index (χ3n) is 1.64. The normalized spacial score (nSPS) is 28.9. The highest BCUT2D eigenvalue weighted by Gasteiger charge is 2.11. The first-order valence-corrected chi connectivity index (χ1v) is 3.27. The summed E-state index contributed by atoms with van der Waals surface area (Å²) in [5, 5.41) is 11.8. The zero-order valence-electron chi connectivity index (χ0n) is 5.06. The summed E-state index contributed by atoms with van der Waals surface area (Å²) in [7, 11) is 0. The molecule has 0 radical (unpaired) electrons. The predicted molar refractivity (Wildman–Crippen MR) is 32.7 cm³/mol. The number of hydrogen-bond acceptors (Lipinski definition) is 2. The monoisotopic (exact) mass is 115 g/mol. The van der Waals surface area contributed by atoms with Gasteiger partial charge in [0, 0.05) is 12.6 Å². The highest BCUT2D eigenvalue weighted by Crippen LogP contribution is 2.06. The van der Waals surface area contributed by atoms with E-state index in [0.717, 1.165) is 13.0 Å².